The van der Waals surface area contributed by atoms with Crippen molar-refractivity contribution in [2.45, 2.75) is 35.7 Å². The van der Waals surface area contributed by atoms with Crippen molar-refractivity contribution >= 4 is 44.4 Å². The van der Waals surface area contributed by atoms with Crippen molar-refractivity contribution in [3.63, 3.8) is 0 Å². The maximum atomic E-state index is 13.0. The predicted octanol–water partition coefficient (Wildman–Crippen LogP) is 3.43. The number of carbonyl (C=O) groups is 1. The number of aromatic amines is 1. The Hall–Kier alpha value is -2.56. The largest absolute Gasteiger partial charge is 0.497 e. The number of H-pyrrole nitrogens is 1. The summed E-state index contributed by atoms with van der Waals surface area (Å²) in [4.78, 5) is 22.8. The molecule has 0 spiro atoms. The van der Waals surface area contributed by atoms with Crippen LogP contribution in [0, 0.1) is 0 Å². The predicted molar refractivity (Wildman–Crippen MR) is 128 cm³/mol. The van der Waals surface area contributed by atoms with Crippen molar-refractivity contribution in [1.29, 1.82) is 0 Å². The number of sulfonamides is 1. The molecule has 0 unspecified atom stereocenters. The van der Waals surface area contributed by atoms with Gasteiger partial charge in [-0.25, -0.2) is 13.4 Å². The van der Waals surface area contributed by atoms with Crippen LogP contribution in [-0.4, -0.2) is 61.1 Å². The van der Waals surface area contributed by atoms with Gasteiger partial charge in [0.25, 0.3) is 0 Å². The number of thioether (sulfide) groups is 1. The normalized spacial score (nSPS) is 16.8. The van der Waals surface area contributed by atoms with Gasteiger partial charge in [0.1, 0.15) is 5.75 Å². The first-order valence-electron chi connectivity index (χ1n) is 11.1. The molecule has 0 atom stereocenters. The van der Waals surface area contributed by atoms with Crippen LogP contribution in [0.2, 0.25) is 0 Å². The fourth-order valence-electron chi connectivity index (χ4n) is 4.42. The number of piperidine rings is 1. The Morgan fingerprint density at radius 3 is 2.73 bits per heavy atom. The SMILES string of the molecule is COc1ccc2nc(SCC(=O)N3CCc4cc(S(=O)(=O)N5CCCCC5)ccc43)[nH]c2c1. The van der Waals surface area contributed by atoms with Gasteiger partial charge in [-0.1, -0.05) is 18.2 Å². The quantitative estimate of drug-likeness (QED) is 0.537. The summed E-state index contributed by atoms with van der Waals surface area (Å²) in [6, 6.07) is 10.8. The van der Waals surface area contributed by atoms with Crippen molar-refractivity contribution in [3.8, 4) is 5.75 Å². The molecule has 1 amide bonds. The summed E-state index contributed by atoms with van der Waals surface area (Å²) < 4.78 is 32.8. The van der Waals surface area contributed by atoms with E-state index >= 15 is 0 Å². The van der Waals surface area contributed by atoms with Crippen LogP contribution < -0.4 is 9.64 Å². The topological polar surface area (TPSA) is 95.6 Å². The number of nitrogens with zero attached hydrogens (tertiary/aromatic N) is 3. The molecular weight excluding hydrogens is 460 g/mol. The number of nitrogens with one attached hydrogen (secondary N) is 1. The summed E-state index contributed by atoms with van der Waals surface area (Å²) in [6.45, 7) is 1.71. The van der Waals surface area contributed by atoms with E-state index in [1.54, 1.807) is 34.5 Å². The number of methoxy groups -OCH3 is 1. The van der Waals surface area contributed by atoms with Gasteiger partial charge in [-0.2, -0.15) is 4.31 Å². The van der Waals surface area contributed by atoms with Gasteiger partial charge < -0.3 is 14.6 Å². The molecule has 10 heteroatoms. The molecule has 1 aromatic heterocycles. The van der Waals surface area contributed by atoms with E-state index < -0.39 is 10.0 Å². The molecule has 5 rings (SSSR count). The van der Waals surface area contributed by atoms with Crippen molar-refractivity contribution in [2.24, 2.45) is 0 Å². The zero-order valence-electron chi connectivity index (χ0n) is 18.4. The number of hydrogen-bond donors (Lipinski definition) is 1. The monoisotopic (exact) mass is 486 g/mol. The number of amides is 1. The zero-order valence-corrected chi connectivity index (χ0v) is 20.0. The van der Waals surface area contributed by atoms with Crippen molar-refractivity contribution in [1.82, 2.24) is 14.3 Å². The van der Waals surface area contributed by atoms with Crippen molar-refractivity contribution in [3.05, 3.63) is 42.0 Å². The fourth-order valence-corrected chi connectivity index (χ4v) is 6.75. The molecule has 0 radical (unpaired) electrons. The molecule has 2 aromatic carbocycles. The van der Waals surface area contributed by atoms with E-state index in [4.69, 9.17) is 4.74 Å². The Labute approximate surface area is 197 Å². The van der Waals surface area contributed by atoms with Crippen LogP contribution in [0.25, 0.3) is 11.0 Å². The van der Waals surface area contributed by atoms with Gasteiger partial charge >= 0.3 is 0 Å². The van der Waals surface area contributed by atoms with Crippen LogP contribution in [0.4, 0.5) is 5.69 Å². The fraction of sp³-hybridized carbons (Fsp3) is 0.391. The van der Waals surface area contributed by atoms with E-state index in [0.717, 1.165) is 47.3 Å². The second kappa shape index (κ2) is 9.00. The molecule has 2 aliphatic rings. The van der Waals surface area contributed by atoms with Gasteiger partial charge in [0.05, 0.1) is 28.8 Å². The molecule has 2 aliphatic heterocycles. The van der Waals surface area contributed by atoms with Gasteiger partial charge in [0.2, 0.25) is 15.9 Å². The highest BCUT2D eigenvalue weighted by Crippen LogP contribution is 2.33. The average Bonchev–Trinajstić information content (AvgIpc) is 3.46. The molecule has 33 heavy (non-hydrogen) atoms. The maximum absolute atomic E-state index is 13.0. The number of aromatic nitrogens is 2. The van der Waals surface area contributed by atoms with E-state index in [0.29, 0.717) is 36.1 Å². The van der Waals surface area contributed by atoms with Crippen LogP contribution in [0.1, 0.15) is 24.8 Å². The number of rotatable bonds is 6. The highest BCUT2D eigenvalue weighted by atomic mass is 32.2. The maximum Gasteiger partial charge on any atom is 0.243 e. The highest BCUT2D eigenvalue weighted by molar-refractivity contribution is 7.99. The molecule has 0 bridgehead atoms. The van der Waals surface area contributed by atoms with Crippen LogP contribution in [0.3, 0.4) is 0 Å². The van der Waals surface area contributed by atoms with Gasteiger partial charge in [0.15, 0.2) is 5.16 Å². The lowest BCUT2D eigenvalue weighted by atomic mass is 10.2. The Bertz CT molecular complexity index is 1300. The minimum atomic E-state index is -3.48. The standard InChI is InChI=1S/C23H26N4O4S2/c1-31-17-5-7-19-20(14-17)25-23(24-19)32-15-22(28)27-12-9-16-13-18(6-8-21(16)27)33(29,30)26-10-3-2-4-11-26/h5-8,13-14H,2-4,9-12,15H2,1H3,(H,24,25). The molecule has 1 N–H and O–H groups in total. The third-order valence-electron chi connectivity index (χ3n) is 6.20. The Kier molecular flexibility index (Phi) is 6.07. The van der Waals surface area contributed by atoms with Gasteiger partial charge in [-0.3, -0.25) is 4.79 Å². The molecular formula is C23H26N4O4S2. The van der Waals surface area contributed by atoms with Gasteiger partial charge in [-0.05, 0) is 55.2 Å². The molecule has 1 fully saturated rings. The lowest BCUT2D eigenvalue weighted by Gasteiger charge is -2.26. The number of anilines is 1. The van der Waals surface area contributed by atoms with E-state index in [1.807, 2.05) is 18.2 Å². The lowest BCUT2D eigenvalue weighted by molar-refractivity contribution is -0.116. The highest BCUT2D eigenvalue weighted by Gasteiger charge is 2.30. The summed E-state index contributed by atoms with van der Waals surface area (Å²) in [5, 5.41) is 0.675. The minimum absolute atomic E-state index is 0.0246. The number of ether oxygens (including phenoxy) is 1. The Morgan fingerprint density at radius 1 is 1.12 bits per heavy atom. The third kappa shape index (κ3) is 4.34. The number of benzene rings is 2. The first kappa shape index (κ1) is 22.2. The summed E-state index contributed by atoms with van der Waals surface area (Å²) >= 11 is 1.35. The molecule has 1 saturated heterocycles. The first-order valence-corrected chi connectivity index (χ1v) is 13.5. The summed E-state index contributed by atoms with van der Waals surface area (Å²) in [5.74, 6) is 0.960. The second-order valence-electron chi connectivity index (χ2n) is 8.26. The summed E-state index contributed by atoms with van der Waals surface area (Å²) in [6.07, 6.45) is 3.54. The van der Waals surface area contributed by atoms with Crippen LogP contribution in [0.15, 0.2) is 46.5 Å². The van der Waals surface area contributed by atoms with Gasteiger partial charge in [-0.15, -0.1) is 0 Å². The number of carbonyl (C=O) groups excluding carboxylic acids is 1. The summed E-state index contributed by atoms with van der Waals surface area (Å²) in [5.41, 5.74) is 3.38. The van der Waals surface area contributed by atoms with Crippen LogP contribution >= 0.6 is 11.8 Å². The Morgan fingerprint density at radius 2 is 1.94 bits per heavy atom. The molecule has 0 saturated carbocycles. The smallest absolute Gasteiger partial charge is 0.243 e. The molecule has 8 nitrogen and oxygen atoms in total. The Balaban J connectivity index is 1.27. The van der Waals surface area contributed by atoms with E-state index in [9.17, 15) is 13.2 Å². The zero-order chi connectivity index (χ0) is 23.0. The number of fused-ring (bicyclic) bond motifs is 2. The molecule has 3 aromatic rings. The van der Waals surface area contributed by atoms with Gasteiger partial charge in [0, 0.05) is 31.4 Å². The lowest BCUT2D eigenvalue weighted by Crippen LogP contribution is -2.35. The van der Waals surface area contributed by atoms with Crippen LogP contribution in [0.5, 0.6) is 5.75 Å². The summed E-state index contributed by atoms with van der Waals surface area (Å²) in [7, 11) is -1.86. The van der Waals surface area contributed by atoms with E-state index in [2.05, 4.69) is 9.97 Å². The van der Waals surface area contributed by atoms with E-state index in [-0.39, 0.29) is 11.7 Å². The van der Waals surface area contributed by atoms with Crippen LogP contribution in [-0.2, 0) is 21.2 Å². The third-order valence-corrected chi connectivity index (χ3v) is 8.95. The van der Waals surface area contributed by atoms with Crippen molar-refractivity contribution in [2.75, 3.05) is 37.4 Å². The molecule has 3 heterocycles. The van der Waals surface area contributed by atoms with E-state index in [1.165, 1.54) is 11.8 Å². The minimum Gasteiger partial charge on any atom is -0.497 e. The number of hydrogen-bond acceptors (Lipinski definition) is 6. The molecule has 174 valence electrons. The van der Waals surface area contributed by atoms with Crippen molar-refractivity contribution < 1.29 is 17.9 Å². The second-order valence-corrected chi connectivity index (χ2v) is 11.2. The molecule has 0 aliphatic carbocycles. The first-order chi connectivity index (χ1) is 16.0. The number of imidazole rings is 1. The average molecular weight is 487 g/mol.